The van der Waals surface area contributed by atoms with E-state index in [9.17, 15) is 0 Å². The summed E-state index contributed by atoms with van der Waals surface area (Å²) in [5.41, 5.74) is 10.9. The maximum Gasteiger partial charge on any atom is 0.112 e. The standard InChI is InChI=1S/C29H35N3/c1-18-24(17-25(30-18)28(3,4)5)22-13-9-20(10-14-22)21-11-15-23(16-12-21)26-19(2)31-27(32-26)29(6,7)8/h9-16H,17H2,1-8H3,(H,31,32). The second-order valence-corrected chi connectivity index (χ2v) is 11.0. The molecule has 0 atom stereocenters. The van der Waals surface area contributed by atoms with E-state index >= 15 is 0 Å². The number of benzene rings is 2. The van der Waals surface area contributed by atoms with Crippen molar-refractivity contribution in [2.45, 2.75) is 67.2 Å². The minimum absolute atomic E-state index is 0.0104. The summed E-state index contributed by atoms with van der Waals surface area (Å²) in [6, 6.07) is 17.6. The summed E-state index contributed by atoms with van der Waals surface area (Å²) in [6.45, 7) is 17.5. The summed E-state index contributed by atoms with van der Waals surface area (Å²) in [6.07, 6.45) is 0.947. The Hall–Kier alpha value is -2.94. The van der Waals surface area contributed by atoms with Crippen LogP contribution < -0.4 is 0 Å². The average Bonchev–Trinajstić information content (AvgIpc) is 3.31. The molecule has 0 spiro atoms. The third kappa shape index (κ3) is 4.34. The highest BCUT2D eigenvalue weighted by molar-refractivity contribution is 6.02. The molecule has 1 aromatic heterocycles. The monoisotopic (exact) mass is 425 g/mol. The first-order valence-electron chi connectivity index (χ1n) is 11.5. The molecule has 32 heavy (non-hydrogen) atoms. The first kappa shape index (κ1) is 22.3. The highest BCUT2D eigenvalue weighted by atomic mass is 14.9. The van der Waals surface area contributed by atoms with Crippen LogP contribution in [-0.4, -0.2) is 15.7 Å². The molecule has 166 valence electrons. The molecule has 0 aliphatic carbocycles. The van der Waals surface area contributed by atoms with Crippen molar-refractivity contribution in [1.82, 2.24) is 9.97 Å². The molecule has 3 nitrogen and oxygen atoms in total. The van der Waals surface area contributed by atoms with Crippen LogP contribution in [0, 0.1) is 12.3 Å². The Bertz CT molecular complexity index is 1190. The van der Waals surface area contributed by atoms with Gasteiger partial charge in [0.25, 0.3) is 0 Å². The lowest BCUT2D eigenvalue weighted by molar-refractivity contribution is 0.552. The van der Waals surface area contributed by atoms with Crippen molar-refractivity contribution in [2.75, 3.05) is 0 Å². The molecule has 3 heteroatoms. The van der Waals surface area contributed by atoms with Crippen molar-refractivity contribution < 1.29 is 0 Å². The average molecular weight is 426 g/mol. The number of aromatic nitrogens is 2. The fraction of sp³-hybridized carbons (Fsp3) is 0.379. The lowest BCUT2D eigenvalue weighted by Crippen LogP contribution is -2.18. The van der Waals surface area contributed by atoms with Gasteiger partial charge in [0, 0.05) is 39.9 Å². The molecular formula is C29H35N3. The van der Waals surface area contributed by atoms with Gasteiger partial charge in [0.2, 0.25) is 0 Å². The normalized spacial score (nSPS) is 14.8. The van der Waals surface area contributed by atoms with Crippen LogP contribution in [0.3, 0.4) is 0 Å². The SMILES string of the molecule is CC1=C(c2ccc(-c3ccc(-c4nc(C(C)(C)C)[nH]c4C)cc3)cc2)CC(C(C)(C)C)=N1. The highest BCUT2D eigenvalue weighted by Gasteiger charge is 2.26. The lowest BCUT2D eigenvalue weighted by Gasteiger charge is -2.18. The van der Waals surface area contributed by atoms with E-state index in [4.69, 9.17) is 9.98 Å². The third-order valence-electron chi connectivity index (χ3n) is 6.27. The minimum Gasteiger partial charge on any atom is -0.345 e. The predicted octanol–water partition coefficient (Wildman–Crippen LogP) is 7.97. The van der Waals surface area contributed by atoms with Crippen LogP contribution in [0.25, 0.3) is 28.0 Å². The van der Waals surface area contributed by atoms with Crippen LogP contribution in [-0.2, 0) is 5.41 Å². The number of hydrogen-bond acceptors (Lipinski definition) is 2. The van der Waals surface area contributed by atoms with Gasteiger partial charge in [0.05, 0.1) is 5.69 Å². The van der Waals surface area contributed by atoms with Gasteiger partial charge in [-0.1, -0.05) is 90.1 Å². The van der Waals surface area contributed by atoms with Gasteiger partial charge >= 0.3 is 0 Å². The number of H-pyrrole nitrogens is 1. The highest BCUT2D eigenvalue weighted by Crippen LogP contribution is 2.36. The van der Waals surface area contributed by atoms with Gasteiger partial charge in [0.1, 0.15) is 5.82 Å². The zero-order chi connectivity index (χ0) is 23.3. The van der Waals surface area contributed by atoms with E-state index in [1.165, 1.54) is 28.0 Å². The first-order valence-corrected chi connectivity index (χ1v) is 11.5. The topological polar surface area (TPSA) is 41.0 Å². The molecule has 0 saturated carbocycles. The molecule has 0 unspecified atom stereocenters. The third-order valence-corrected chi connectivity index (χ3v) is 6.27. The Morgan fingerprint density at radius 1 is 0.688 bits per heavy atom. The molecule has 0 radical (unpaired) electrons. The van der Waals surface area contributed by atoms with E-state index < -0.39 is 0 Å². The van der Waals surface area contributed by atoms with Crippen molar-refractivity contribution in [3.63, 3.8) is 0 Å². The van der Waals surface area contributed by atoms with Crippen molar-refractivity contribution >= 4 is 11.3 Å². The zero-order valence-electron chi connectivity index (χ0n) is 20.7. The number of nitrogens with zero attached hydrogens (tertiary/aromatic N) is 2. The summed E-state index contributed by atoms with van der Waals surface area (Å²) in [5, 5.41) is 0. The van der Waals surface area contributed by atoms with Crippen LogP contribution in [0.4, 0.5) is 0 Å². The Morgan fingerprint density at radius 2 is 1.19 bits per heavy atom. The van der Waals surface area contributed by atoms with Crippen LogP contribution in [0.2, 0.25) is 0 Å². The number of nitrogens with one attached hydrogen (secondary N) is 1. The summed E-state index contributed by atoms with van der Waals surface area (Å²) in [4.78, 5) is 13.2. The number of aryl methyl sites for hydroxylation is 1. The Kier molecular flexibility index (Phi) is 5.48. The largest absolute Gasteiger partial charge is 0.345 e. The molecule has 1 aliphatic rings. The number of allylic oxidation sites excluding steroid dienone is 2. The van der Waals surface area contributed by atoms with Crippen molar-refractivity contribution in [3.8, 4) is 22.4 Å². The Morgan fingerprint density at radius 3 is 1.62 bits per heavy atom. The molecule has 2 aromatic carbocycles. The molecule has 1 N–H and O–H groups in total. The smallest absolute Gasteiger partial charge is 0.112 e. The van der Waals surface area contributed by atoms with Crippen LogP contribution in [0.15, 0.2) is 59.2 Å². The number of rotatable bonds is 3. The van der Waals surface area contributed by atoms with E-state index in [1.807, 2.05) is 0 Å². The molecular weight excluding hydrogens is 390 g/mol. The summed E-state index contributed by atoms with van der Waals surface area (Å²) < 4.78 is 0. The van der Waals surface area contributed by atoms with Gasteiger partial charge in [-0.3, -0.25) is 4.99 Å². The molecule has 0 fully saturated rings. The minimum atomic E-state index is 0.0104. The predicted molar refractivity (Wildman–Crippen MR) is 137 cm³/mol. The molecule has 0 bridgehead atoms. The van der Waals surface area contributed by atoms with Gasteiger partial charge in [-0.15, -0.1) is 0 Å². The zero-order valence-corrected chi connectivity index (χ0v) is 20.7. The van der Waals surface area contributed by atoms with Gasteiger partial charge in [-0.2, -0.15) is 0 Å². The van der Waals surface area contributed by atoms with E-state index in [1.54, 1.807) is 0 Å². The quantitative estimate of drug-likeness (QED) is 0.454. The maximum absolute atomic E-state index is 4.87. The summed E-state index contributed by atoms with van der Waals surface area (Å²) in [5.74, 6) is 1.03. The van der Waals surface area contributed by atoms with E-state index in [-0.39, 0.29) is 10.8 Å². The summed E-state index contributed by atoms with van der Waals surface area (Å²) in [7, 11) is 0. The summed E-state index contributed by atoms with van der Waals surface area (Å²) >= 11 is 0. The van der Waals surface area contributed by atoms with Gasteiger partial charge in [-0.25, -0.2) is 4.98 Å². The van der Waals surface area contributed by atoms with Crippen LogP contribution in [0.5, 0.6) is 0 Å². The number of aliphatic imine (C=N–C) groups is 1. The van der Waals surface area contributed by atoms with Crippen molar-refractivity contribution in [3.05, 3.63) is 71.3 Å². The van der Waals surface area contributed by atoms with Gasteiger partial charge in [-0.05, 0) is 36.1 Å². The number of aromatic amines is 1. The Balaban J connectivity index is 1.54. The molecule has 2 heterocycles. The van der Waals surface area contributed by atoms with Crippen molar-refractivity contribution in [2.24, 2.45) is 10.4 Å². The maximum atomic E-state index is 4.87. The number of hydrogen-bond donors (Lipinski definition) is 1. The molecule has 0 amide bonds. The van der Waals surface area contributed by atoms with Gasteiger partial charge in [0.15, 0.2) is 0 Å². The molecule has 3 aromatic rings. The lowest BCUT2D eigenvalue weighted by atomic mass is 9.86. The molecule has 1 aliphatic heterocycles. The van der Waals surface area contributed by atoms with E-state index in [2.05, 4.69) is 109 Å². The second kappa shape index (κ2) is 7.88. The van der Waals surface area contributed by atoms with Crippen molar-refractivity contribution in [1.29, 1.82) is 0 Å². The van der Waals surface area contributed by atoms with E-state index in [0.717, 1.165) is 34.9 Å². The molecule has 0 saturated heterocycles. The number of imidazole rings is 1. The van der Waals surface area contributed by atoms with Crippen LogP contribution >= 0.6 is 0 Å². The second-order valence-electron chi connectivity index (χ2n) is 11.0. The fourth-order valence-corrected chi connectivity index (χ4v) is 4.13. The first-order chi connectivity index (χ1) is 14.9. The Labute approximate surface area is 192 Å². The fourth-order valence-electron chi connectivity index (χ4n) is 4.13. The van der Waals surface area contributed by atoms with Gasteiger partial charge < -0.3 is 4.98 Å². The van der Waals surface area contributed by atoms with E-state index in [0.29, 0.717) is 0 Å². The molecule has 4 rings (SSSR count). The van der Waals surface area contributed by atoms with Crippen LogP contribution in [0.1, 0.15) is 72.0 Å².